The molecule has 1 N–H and O–H groups in total. The predicted molar refractivity (Wildman–Crippen MR) is 99.1 cm³/mol. The van der Waals surface area contributed by atoms with Crippen molar-refractivity contribution in [3.8, 4) is 0 Å². The predicted octanol–water partition coefficient (Wildman–Crippen LogP) is 4.99. The summed E-state index contributed by atoms with van der Waals surface area (Å²) in [7, 11) is 0. The molecule has 2 heteroatoms. The lowest BCUT2D eigenvalue weighted by molar-refractivity contribution is -0.127. The second-order valence-electron chi connectivity index (χ2n) is 7.19. The summed E-state index contributed by atoms with van der Waals surface area (Å²) in [4.78, 5) is 13.2. The van der Waals surface area contributed by atoms with E-state index in [0.29, 0.717) is 0 Å². The quantitative estimate of drug-likeness (QED) is 0.844. The first-order chi connectivity index (χ1) is 11.5. The lowest BCUT2D eigenvalue weighted by atomic mass is 9.77. The Labute approximate surface area is 145 Å². The van der Waals surface area contributed by atoms with E-state index in [2.05, 4.69) is 56.4 Å². The molecule has 2 aromatic carbocycles. The average molecular weight is 321 g/mol. The molecule has 0 spiro atoms. The SMILES string of the molecule is Cc1ccc(C(C)NC(=O)C2(c3ccccc3)CCCC2)cc1C. The van der Waals surface area contributed by atoms with Crippen molar-refractivity contribution in [2.45, 2.75) is 57.9 Å². The number of carbonyl (C=O) groups excluding carboxylic acids is 1. The Bertz CT molecular complexity index is 714. The number of rotatable bonds is 4. The van der Waals surface area contributed by atoms with E-state index in [1.807, 2.05) is 18.2 Å². The molecule has 1 fully saturated rings. The second kappa shape index (κ2) is 6.80. The Hall–Kier alpha value is -2.09. The molecule has 3 rings (SSSR count). The summed E-state index contributed by atoms with van der Waals surface area (Å²) in [5, 5.41) is 3.29. The zero-order chi connectivity index (χ0) is 17.2. The van der Waals surface area contributed by atoms with Crippen LogP contribution < -0.4 is 5.32 Å². The number of nitrogens with one attached hydrogen (secondary N) is 1. The molecule has 1 amide bonds. The van der Waals surface area contributed by atoms with Gasteiger partial charge >= 0.3 is 0 Å². The van der Waals surface area contributed by atoms with Gasteiger partial charge in [-0.25, -0.2) is 0 Å². The van der Waals surface area contributed by atoms with Gasteiger partial charge in [-0.05, 0) is 55.9 Å². The van der Waals surface area contributed by atoms with Crippen molar-refractivity contribution in [2.75, 3.05) is 0 Å². The van der Waals surface area contributed by atoms with Gasteiger partial charge in [-0.3, -0.25) is 4.79 Å². The Morgan fingerprint density at radius 2 is 1.67 bits per heavy atom. The minimum Gasteiger partial charge on any atom is -0.349 e. The largest absolute Gasteiger partial charge is 0.349 e. The van der Waals surface area contributed by atoms with E-state index in [1.165, 1.54) is 16.7 Å². The van der Waals surface area contributed by atoms with Crippen LogP contribution in [0.5, 0.6) is 0 Å². The molecule has 1 saturated carbocycles. The number of aryl methyl sites for hydroxylation is 2. The van der Waals surface area contributed by atoms with Crippen LogP contribution >= 0.6 is 0 Å². The highest BCUT2D eigenvalue weighted by Gasteiger charge is 2.42. The van der Waals surface area contributed by atoms with E-state index >= 15 is 0 Å². The fourth-order valence-corrected chi connectivity index (χ4v) is 3.83. The van der Waals surface area contributed by atoms with Gasteiger partial charge in [0.15, 0.2) is 0 Å². The first-order valence-corrected chi connectivity index (χ1v) is 8.96. The minimum absolute atomic E-state index is 0.0259. The van der Waals surface area contributed by atoms with Gasteiger partial charge in [0.25, 0.3) is 0 Å². The van der Waals surface area contributed by atoms with Gasteiger partial charge in [0.2, 0.25) is 5.91 Å². The zero-order valence-corrected chi connectivity index (χ0v) is 14.9. The molecule has 1 aliphatic rings. The van der Waals surface area contributed by atoms with Crippen molar-refractivity contribution in [2.24, 2.45) is 0 Å². The molecule has 0 bridgehead atoms. The fourth-order valence-electron chi connectivity index (χ4n) is 3.83. The minimum atomic E-state index is -0.352. The van der Waals surface area contributed by atoms with Gasteiger partial charge in [-0.1, -0.05) is 61.4 Å². The van der Waals surface area contributed by atoms with E-state index in [9.17, 15) is 4.79 Å². The van der Waals surface area contributed by atoms with Crippen molar-refractivity contribution in [3.05, 3.63) is 70.8 Å². The van der Waals surface area contributed by atoms with Crippen LogP contribution in [0, 0.1) is 13.8 Å². The Morgan fingerprint density at radius 3 is 2.29 bits per heavy atom. The van der Waals surface area contributed by atoms with Crippen molar-refractivity contribution in [1.82, 2.24) is 5.32 Å². The molecule has 0 aromatic heterocycles. The van der Waals surface area contributed by atoms with Gasteiger partial charge in [0.05, 0.1) is 11.5 Å². The average Bonchev–Trinajstić information content (AvgIpc) is 3.09. The van der Waals surface area contributed by atoms with E-state index < -0.39 is 0 Å². The lowest BCUT2D eigenvalue weighted by Crippen LogP contribution is -2.43. The molecule has 0 saturated heterocycles. The van der Waals surface area contributed by atoms with Crippen molar-refractivity contribution in [1.29, 1.82) is 0 Å². The van der Waals surface area contributed by atoms with Gasteiger partial charge in [-0.15, -0.1) is 0 Å². The highest BCUT2D eigenvalue weighted by atomic mass is 16.2. The maximum atomic E-state index is 13.2. The zero-order valence-electron chi connectivity index (χ0n) is 14.9. The standard InChI is InChI=1S/C22H27NO/c1-16-11-12-19(15-17(16)2)18(3)23-21(24)22(13-7-8-14-22)20-9-5-4-6-10-20/h4-6,9-12,15,18H,7-8,13-14H2,1-3H3,(H,23,24). The van der Waals surface area contributed by atoms with Crippen LogP contribution in [0.2, 0.25) is 0 Å². The molecule has 24 heavy (non-hydrogen) atoms. The van der Waals surface area contributed by atoms with Gasteiger partial charge in [0.1, 0.15) is 0 Å². The summed E-state index contributed by atoms with van der Waals surface area (Å²) < 4.78 is 0. The van der Waals surface area contributed by atoms with Crippen LogP contribution in [-0.2, 0) is 10.2 Å². The van der Waals surface area contributed by atoms with Crippen LogP contribution in [0.4, 0.5) is 0 Å². The van der Waals surface area contributed by atoms with Crippen LogP contribution in [0.25, 0.3) is 0 Å². The topological polar surface area (TPSA) is 29.1 Å². The molecule has 0 aliphatic heterocycles. The summed E-state index contributed by atoms with van der Waals surface area (Å²) in [6.07, 6.45) is 4.14. The van der Waals surface area contributed by atoms with Crippen LogP contribution in [0.3, 0.4) is 0 Å². The van der Waals surface area contributed by atoms with Crippen molar-refractivity contribution < 1.29 is 4.79 Å². The summed E-state index contributed by atoms with van der Waals surface area (Å²) >= 11 is 0. The Balaban J connectivity index is 1.83. The molecule has 2 nitrogen and oxygen atoms in total. The maximum Gasteiger partial charge on any atom is 0.231 e. The highest BCUT2D eigenvalue weighted by Crippen LogP contribution is 2.41. The highest BCUT2D eigenvalue weighted by molar-refractivity contribution is 5.88. The molecule has 1 unspecified atom stereocenters. The smallest absolute Gasteiger partial charge is 0.231 e. The Morgan fingerprint density at radius 1 is 1.00 bits per heavy atom. The van der Waals surface area contributed by atoms with E-state index in [-0.39, 0.29) is 17.4 Å². The van der Waals surface area contributed by atoms with E-state index in [0.717, 1.165) is 31.2 Å². The third-order valence-electron chi connectivity index (χ3n) is 5.60. The van der Waals surface area contributed by atoms with Gasteiger partial charge < -0.3 is 5.32 Å². The van der Waals surface area contributed by atoms with E-state index in [4.69, 9.17) is 0 Å². The molecule has 0 radical (unpaired) electrons. The molecular weight excluding hydrogens is 294 g/mol. The number of amides is 1. The molecule has 1 aliphatic carbocycles. The first kappa shape index (κ1) is 16.8. The number of benzene rings is 2. The van der Waals surface area contributed by atoms with Crippen LogP contribution in [0.15, 0.2) is 48.5 Å². The molecule has 126 valence electrons. The summed E-state index contributed by atoms with van der Waals surface area (Å²) in [5.74, 6) is 0.178. The fraction of sp³-hybridized carbons (Fsp3) is 0.409. The number of hydrogen-bond donors (Lipinski definition) is 1. The van der Waals surface area contributed by atoms with Gasteiger partial charge in [-0.2, -0.15) is 0 Å². The Kier molecular flexibility index (Phi) is 4.75. The molecule has 0 heterocycles. The van der Waals surface area contributed by atoms with Crippen molar-refractivity contribution >= 4 is 5.91 Å². The molecule has 1 atom stereocenters. The third kappa shape index (κ3) is 3.10. The monoisotopic (exact) mass is 321 g/mol. The molecule has 2 aromatic rings. The first-order valence-electron chi connectivity index (χ1n) is 8.96. The summed E-state index contributed by atoms with van der Waals surface area (Å²) in [6.45, 7) is 6.32. The van der Waals surface area contributed by atoms with Gasteiger partial charge in [0, 0.05) is 0 Å². The summed E-state index contributed by atoms with van der Waals surface area (Å²) in [5.41, 5.74) is 4.54. The van der Waals surface area contributed by atoms with Crippen LogP contribution in [0.1, 0.15) is 60.9 Å². The molecular formula is C22H27NO. The third-order valence-corrected chi connectivity index (χ3v) is 5.60. The van der Waals surface area contributed by atoms with Crippen molar-refractivity contribution in [3.63, 3.8) is 0 Å². The summed E-state index contributed by atoms with van der Waals surface area (Å²) in [6, 6.07) is 16.8. The van der Waals surface area contributed by atoms with E-state index in [1.54, 1.807) is 0 Å². The number of carbonyl (C=O) groups is 1. The maximum absolute atomic E-state index is 13.2. The van der Waals surface area contributed by atoms with Crippen LogP contribution in [-0.4, -0.2) is 5.91 Å². The second-order valence-corrected chi connectivity index (χ2v) is 7.19. The lowest BCUT2D eigenvalue weighted by Gasteiger charge is -2.30. The number of hydrogen-bond acceptors (Lipinski definition) is 1. The normalized spacial score (nSPS) is 17.5.